The first kappa shape index (κ1) is 14.9. The third kappa shape index (κ3) is 4.00. The molecule has 0 saturated carbocycles. The van der Waals surface area contributed by atoms with E-state index in [1.807, 2.05) is 12.1 Å². The third-order valence-electron chi connectivity index (χ3n) is 3.20. The van der Waals surface area contributed by atoms with Gasteiger partial charge in [-0.15, -0.1) is 0 Å². The van der Waals surface area contributed by atoms with Crippen LogP contribution in [0, 0.1) is 12.7 Å². The molecule has 23 heavy (non-hydrogen) atoms. The van der Waals surface area contributed by atoms with Crippen molar-refractivity contribution in [2.45, 2.75) is 13.5 Å². The Morgan fingerprint density at radius 1 is 1.00 bits per heavy atom. The second kappa shape index (κ2) is 6.83. The van der Waals surface area contributed by atoms with Crippen molar-refractivity contribution < 1.29 is 4.39 Å². The van der Waals surface area contributed by atoms with Crippen molar-refractivity contribution in [3.8, 4) is 0 Å². The van der Waals surface area contributed by atoms with Crippen LogP contribution in [0.1, 0.15) is 11.4 Å². The molecule has 3 rings (SSSR count). The fourth-order valence-corrected chi connectivity index (χ4v) is 2.12. The molecule has 0 aliphatic carbocycles. The first-order chi connectivity index (χ1) is 11.2. The summed E-state index contributed by atoms with van der Waals surface area (Å²) < 4.78 is 13.7. The van der Waals surface area contributed by atoms with Crippen LogP contribution in [-0.2, 0) is 6.54 Å². The molecule has 0 unspecified atom stereocenters. The zero-order valence-corrected chi connectivity index (χ0v) is 12.6. The van der Waals surface area contributed by atoms with Crippen molar-refractivity contribution >= 4 is 17.3 Å². The minimum absolute atomic E-state index is 0.324. The van der Waals surface area contributed by atoms with Gasteiger partial charge in [0.25, 0.3) is 0 Å². The number of pyridine rings is 1. The summed E-state index contributed by atoms with van der Waals surface area (Å²) in [6.07, 6.45) is 3.49. The lowest BCUT2D eigenvalue weighted by molar-refractivity contribution is 0.632. The number of halogens is 1. The smallest absolute Gasteiger partial charge is 0.146 e. The molecule has 0 aliphatic heterocycles. The van der Waals surface area contributed by atoms with E-state index in [0.717, 1.165) is 5.56 Å². The maximum atomic E-state index is 13.7. The summed E-state index contributed by atoms with van der Waals surface area (Å²) in [7, 11) is 0. The van der Waals surface area contributed by atoms with Gasteiger partial charge in [-0.2, -0.15) is 0 Å². The van der Waals surface area contributed by atoms with Gasteiger partial charge in [0.2, 0.25) is 0 Å². The van der Waals surface area contributed by atoms with Crippen molar-refractivity contribution in [3.05, 3.63) is 72.1 Å². The lowest BCUT2D eigenvalue weighted by Crippen LogP contribution is -2.05. The van der Waals surface area contributed by atoms with Crippen LogP contribution in [0.2, 0.25) is 0 Å². The second-order valence-electron chi connectivity index (χ2n) is 5.00. The first-order valence-corrected chi connectivity index (χ1v) is 7.21. The number of aromatic nitrogens is 3. The number of para-hydroxylation sites is 1. The van der Waals surface area contributed by atoms with Gasteiger partial charge in [-0.05, 0) is 36.8 Å². The van der Waals surface area contributed by atoms with Crippen molar-refractivity contribution in [2.75, 3.05) is 10.6 Å². The molecule has 6 heteroatoms. The summed E-state index contributed by atoms with van der Waals surface area (Å²) in [4.78, 5) is 12.6. The third-order valence-corrected chi connectivity index (χ3v) is 3.20. The van der Waals surface area contributed by atoms with Crippen molar-refractivity contribution in [1.82, 2.24) is 15.0 Å². The van der Waals surface area contributed by atoms with Gasteiger partial charge in [-0.25, -0.2) is 14.4 Å². The predicted molar refractivity (Wildman–Crippen MR) is 88.0 cm³/mol. The van der Waals surface area contributed by atoms with Crippen LogP contribution in [0.4, 0.5) is 21.7 Å². The number of aryl methyl sites for hydroxylation is 1. The quantitative estimate of drug-likeness (QED) is 0.753. The average molecular weight is 309 g/mol. The first-order valence-electron chi connectivity index (χ1n) is 7.21. The Kier molecular flexibility index (Phi) is 4.42. The molecule has 2 N–H and O–H groups in total. The topological polar surface area (TPSA) is 62.7 Å². The largest absolute Gasteiger partial charge is 0.366 e. The van der Waals surface area contributed by atoms with Gasteiger partial charge in [0.1, 0.15) is 23.3 Å². The maximum Gasteiger partial charge on any atom is 0.146 e. The Morgan fingerprint density at radius 2 is 1.74 bits per heavy atom. The molecule has 3 aromatic rings. The zero-order chi connectivity index (χ0) is 16.1. The van der Waals surface area contributed by atoms with E-state index in [4.69, 9.17) is 0 Å². The molecular weight excluding hydrogens is 293 g/mol. The molecule has 0 radical (unpaired) electrons. The molecule has 0 bridgehead atoms. The Balaban J connectivity index is 1.75. The van der Waals surface area contributed by atoms with Crippen LogP contribution in [0.15, 0.2) is 54.9 Å². The fraction of sp³-hybridized carbons (Fsp3) is 0.118. The van der Waals surface area contributed by atoms with Gasteiger partial charge < -0.3 is 10.6 Å². The number of hydrogen-bond acceptors (Lipinski definition) is 5. The van der Waals surface area contributed by atoms with Crippen LogP contribution in [-0.4, -0.2) is 15.0 Å². The number of nitrogens with one attached hydrogen (secondary N) is 2. The number of nitrogens with zero attached hydrogens (tertiary/aromatic N) is 3. The van der Waals surface area contributed by atoms with Crippen LogP contribution >= 0.6 is 0 Å². The fourth-order valence-electron chi connectivity index (χ4n) is 2.12. The summed E-state index contributed by atoms with van der Waals surface area (Å²) in [6.45, 7) is 2.42. The van der Waals surface area contributed by atoms with E-state index >= 15 is 0 Å². The highest BCUT2D eigenvalue weighted by molar-refractivity contribution is 5.59. The number of hydrogen-bond donors (Lipinski definition) is 2. The van der Waals surface area contributed by atoms with E-state index in [2.05, 4.69) is 25.6 Å². The van der Waals surface area contributed by atoms with E-state index in [9.17, 15) is 4.39 Å². The summed E-state index contributed by atoms with van der Waals surface area (Å²) in [5.74, 6) is 1.49. The standard InChI is InChI=1S/C17H16FN5/c1-12-21-16(20-11-13-6-8-19-9-7-13)10-17(22-12)23-15-5-3-2-4-14(15)18/h2-10H,11H2,1H3,(H2,20,21,22,23). The van der Waals surface area contributed by atoms with E-state index < -0.39 is 0 Å². The SMILES string of the molecule is Cc1nc(NCc2ccncc2)cc(Nc2ccccc2F)n1. The van der Waals surface area contributed by atoms with Crippen molar-refractivity contribution in [1.29, 1.82) is 0 Å². The summed E-state index contributed by atoms with van der Waals surface area (Å²) in [5, 5.41) is 6.21. The van der Waals surface area contributed by atoms with Gasteiger partial charge >= 0.3 is 0 Å². The number of anilines is 3. The molecule has 5 nitrogen and oxygen atoms in total. The van der Waals surface area contributed by atoms with E-state index in [1.165, 1.54) is 6.07 Å². The molecule has 116 valence electrons. The van der Waals surface area contributed by atoms with Crippen molar-refractivity contribution in [3.63, 3.8) is 0 Å². The molecule has 0 aliphatic rings. The Bertz CT molecular complexity index is 792. The lowest BCUT2D eigenvalue weighted by Gasteiger charge is -2.10. The van der Waals surface area contributed by atoms with Crippen LogP contribution < -0.4 is 10.6 Å². The molecule has 1 aromatic carbocycles. The highest BCUT2D eigenvalue weighted by Gasteiger charge is 2.05. The molecule has 2 aromatic heterocycles. The monoisotopic (exact) mass is 309 g/mol. The number of rotatable bonds is 5. The van der Waals surface area contributed by atoms with E-state index in [0.29, 0.717) is 29.7 Å². The minimum atomic E-state index is -0.324. The highest BCUT2D eigenvalue weighted by Crippen LogP contribution is 2.20. The Hall–Kier alpha value is -3.02. The van der Waals surface area contributed by atoms with Crippen LogP contribution in [0.3, 0.4) is 0 Å². The van der Waals surface area contributed by atoms with Gasteiger partial charge in [-0.3, -0.25) is 4.98 Å². The van der Waals surface area contributed by atoms with Crippen LogP contribution in [0.25, 0.3) is 0 Å². The van der Waals surface area contributed by atoms with Gasteiger partial charge in [-0.1, -0.05) is 12.1 Å². The summed E-state index contributed by atoms with van der Waals surface area (Å²) in [5.41, 5.74) is 1.48. The average Bonchev–Trinajstić information content (AvgIpc) is 2.56. The van der Waals surface area contributed by atoms with Crippen molar-refractivity contribution in [2.24, 2.45) is 0 Å². The summed E-state index contributed by atoms with van der Waals surface area (Å²) >= 11 is 0. The highest BCUT2D eigenvalue weighted by atomic mass is 19.1. The summed E-state index contributed by atoms with van der Waals surface area (Å²) in [6, 6.07) is 12.1. The van der Waals surface area contributed by atoms with E-state index in [-0.39, 0.29) is 5.82 Å². The molecule has 0 saturated heterocycles. The van der Waals surface area contributed by atoms with Gasteiger partial charge in [0.05, 0.1) is 5.69 Å². The Labute approximate surface area is 133 Å². The molecule has 0 amide bonds. The predicted octanol–water partition coefficient (Wildman–Crippen LogP) is 3.67. The Morgan fingerprint density at radius 3 is 2.52 bits per heavy atom. The second-order valence-corrected chi connectivity index (χ2v) is 5.00. The molecule has 0 fully saturated rings. The lowest BCUT2D eigenvalue weighted by atomic mass is 10.3. The normalized spacial score (nSPS) is 10.3. The molecular formula is C17H16FN5. The minimum Gasteiger partial charge on any atom is -0.366 e. The molecule has 0 atom stereocenters. The maximum absolute atomic E-state index is 13.7. The zero-order valence-electron chi connectivity index (χ0n) is 12.6. The van der Waals surface area contributed by atoms with Gasteiger partial charge in [0, 0.05) is 25.0 Å². The van der Waals surface area contributed by atoms with Crippen LogP contribution in [0.5, 0.6) is 0 Å². The number of benzene rings is 1. The molecule has 2 heterocycles. The molecule has 0 spiro atoms. The van der Waals surface area contributed by atoms with E-state index in [1.54, 1.807) is 43.6 Å². The van der Waals surface area contributed by atoms with Gasteiger partial charge in [0.15, 0.2) is 0 Å².